The van der Waals surface area contributed by atoms with Gasteiger partial charge < -0.3 is 15.2 Å². The summed E-state index contributed by atoms with van der Waals surface area (Å²) in [6, 6.07) is 0. The van der Waals surface area contributed by atoms with Gasteiger partial charge in [0.2, 0.25) is 5.91 Å². The van der Waals surface area contributed by atoms with Gasteiger partial charge in [0.05, 0.1) is 19.8 Å². The number of ether oxygens (including phenoxy) is 1. The summed E-state index contributed by atoms with van der Waals surface area (Å²) in [4.78, 5) is 11.7. The molecule has 4 heteroatoms. The van der Waals surface area contributed by atoms with Crippen LogP contribution in [0.3, 0.4) is 0 Å². The summed E-state index contributed by atoms with van der Waals surface area (Å²) in [7, 11) is 0. The molecule has 0 radical (unpaired) electrons. The highest BCUT2D eigenvalue weighted by molar-refractivity contribution is 5.76. The first kappa shape index (κ1) is 12.8. The highest BCUT2D eigenvalue weighted by Crippen LogP contribution is 2.49. The molecule has 17 heavy (non-hydrogen) atoms. The number of carbonyl (C=O) groups is 1. The Morgan fingerprint density at radius 1 is 1.29 bits per heavy atom. The monoisotopic (exact) mass is 241 g/mol. The molecular formula is C13H23NO3. The van der Waals surface area contributed by atoms with Crippen LogP contribution in [0.5, 0.6) is 0 Å². The largest absolute Gasteiger partial charge is 0.394 e. The van der Waals surface area contributed by atoms with Gasteiger partial charge in [-0.2, -0.15) is 0 Å². The zero-order valence-corrected chi connectivity index (χ0v) is 10.4. The van der Waals surface area contributed by atoms with E-state index in [2.05, 4.69) is 5.32 Å². The predicted octanol–water partition coefficient (Wildman–Crippen LogP) is 0.938. The van der Waals surface area contributed by atoms with Crippen molar-refractivity contribution in [2.75, 3.05) is 26.4 Å². The lowest BCUT2D eigenvalue weighted by Gasteiger charge is -2.20. The minimum atomic E-state index is 0.0408. The quantitative estimate of drug-likeness (QED) is 0.652. The van der Waals surface area contributed by atoms with Gasteiger partial charge in [0.15, 0.2) is 0 Å². The molecule has 2 saturated carbocycles. The van der Waals surface area contributed by atoms with Crippen molar-refractivity contribution in [1.29, 1.82) is 0 Å². The highest BCUT2D eigenvalue weighted by atomic mass is 16.5. The van der Waals surface area contributed by atoms with Crippen molar-refractivity contribution < 1.29 is 14.6 Å². The second kappa shape index (κ2) is 6.36. The standard InChI is InChI=1S/C13H23NO3/c15-4-6-17-5-3-14-13(16)9-12-8-10-1-2-11(12)7-10/h10-12,15H,1-9H2,(H,14,16). The molecule has 2 aliphatic rings. The first-order valence-electron chi connectivity index (χ1n) is 6.75. The molecule has 1 amide bonds. The van der Waals surface area contributed by atoms with E-state index in [4.69, 9.17) is 9.84 Å². The lowest BCUT2D eigenvalue weighted by atomic mass is 9.86. The Morgan fingerprint density at radius 2 is 2.18 bits per heavy atom. The zero-order chi connectivity index (χ0) is 12.1. The van der Waals surface area contributed by atoms with Crippen LogP contribution < -0.4 is 5.32 Å². The van der Waals surface area contributed by atoms with Crippen molar-refractivity contribution in [3.63, 3.8) is 0 Å². The van der Waals surface area contributed by atoms with Crippen LogP contribution in [0.15, 0.2) is 0 Å². The van der Waals surface area contributed by atoms with Crippen molar-refractivity contribution in [2.45, 2.75) is 32.1 Å². The van der Waals surface area contributed by atoms with Gasteiger partial charge in [0, 0.05) is 13.0 Å². The number of aliphatic hydroxyl groups excluding tert-OH is 1. The topological polar surface area (TPSA) is 58.6 Å². The van der Waals surface area contributed by atoms with E-state index in [1.807, 2.05) is 0 Å². The average Bonchev–Trinajstić information content (AvgIpc) is 2.90. The number of carbonyl (C=O) groups excluding carboxylic acids is 1. The summed E-state index contributed by atoms with van der Waals surface area (Å²) in [5, 5.41) is 11.4. The Hall–Kier alpha value is -0.610. The zero-order valence-electron chi connectivity index (χ0n) is 10.4. The Labute approximate surface area is 103 Å². The maximum absolute atomic E-state index is 11.7. The van der Waals surface area contributed by atoms with E-state index in [-0.39, 0.29) is 12.5 Å². The molecule has 0 aromatic rings. The van der Waals surface area contributed by atoms with Gasteiger partial charge in [0.1, 0.15) is 0 Å². The van der Waals surface area contributed by atoms with Crippen LogP contribution in [-0.2, 0) is 9.53 Å². The number of rotatable bonds is 7. The molecule has 3 unspecified atom stereocenters. The maximum atomic E-state index is 11.7. The number of amides is 1. The summed E-state index contributed by atoms with van der Waals surface area (Å²) < 4.78 is 5.09. The van der Waals surface area contributed by atoms with Gasteiger partial charge in [-0.1, -0.05) is 6.42 Å². The van der Waals surface area contributed by atoms with Crippen LogP contribution in [0.1, 0.15) is 32.1 Å². The van der Waals surface area contributed by atoms with E-state index in [1.54, 1.807) is 0 Å². The Kier molecular flexibility index (Phi) is 4.80. The third-order valence-electron chi connectivity index (χ3n) is 4.14. The van der Waals surface area contributed by atoms with Crippen LogP contribution >= 0.6 is 0 Å². The van der Waals surface area contributed by atoms with Crippen LogP contribution in [0.25, 0.3) is 0 Å². The Morgan fingerprint density at radius 3 is 2.82 bits per heavy atom. The van der Waals surface area contributed by atoms with Gasteiger partial charge in [-0.3, -0.25) is 4.79 Å². The third kappa shape index (κ3) is 3.68. The Balaban J connectivity index is 1.55. The Bertz CT molecular complexity index is 257. The number of nitrogens with one attached hydrogen (secondary N) is 1. The van der Waals surface area contributed by atoms with Crippen LogP contribution in [0.4, 0.5) is 0 Å². The summed E-state index contributed by atoms with van der Waals surface area (Å²) in [6.07, 6.45) is 6.04. The SMILES string of the molecule is O=C(CC1CC2CCC1C2)NCCOCCO. The van der Waals surface area contributed by atoms with E-state index >= 15 is 0 Å². The van der Waals surface area contributed by atoms with Crippen molar-refractivity contribution in [3.8, 4) is 0 Å². The first-order chi connectivity index (χ1) is 8.29. The van der Waals surface area contributed by atoms with Crippen LogP contribution in [0, 0.1) is 17.8 Å². The number of hydrogen-bond donors (Lipinski definition) is 2. The lowest BCUT2D eigenvalue weighted by molar-refractivity contribution is -0.122. The maximum Gasteiger partial charge on any atom is 0.220 e. The fourth-order valence-electron chi connectivity index (χ4n) is 3.37. The fraction of sp³-hybridized carbons (Fsp3) is 0.923. The molecule has 2 bridgehead atoms. The molecule has 2 rings (SSSR count). The molecule has 0 aliphatic heterocycles. The second-order valence-corrected chi connectivity index (χ2v) is 5.32. The number of aliphatic hydroxyl groups is 1. The van der Waals surface area contributed by atoms with Crippen molar-refractivity contribution in [1.82, 2.24) is 5.32 Å². The molecule has 2 aliphatic carbocycles. The molecule has 4 nitrogen and oxygen atoms in total. The summed E-state index contributed by atoms with van der Waals surface area (Å²) in [5.41, 5.74) is 0. The van der Waals surface area contributed by atoms with Crippen molar-refractivity contribution in [2.24, 2.45) is 17.8 Å². The number of fused-ring (bicyclic) bond motifs is 2. The summed E-state index contributed by atoms with van der Waals surface area (Å²) >= 11 is 0. The molecule has 2 N–H and O–H groups in total. The van der Waals surface area contributed by atoms with E-state index in [9.17, 15) is 4.79 Å². The van der Waals surface area contributed by atoms with Crippen molar-refractivity contribution >= 4 is 5.91 Å². The average molecular weight is 241 g/mol. The van der Waals surface area contributed by atoms with Crippen LogP contribution in [-0.4, -0.2) is 37.4 Å². The van der Waals surface area contributed by atoms with Gasteiger partial charge in [-0.15, -0.1) is 0 Å². The molecule has 0 aromatic carbocycles. The minimum absolute atomic E-state index is 0.0408. The molecule has 0 saturated heterocycles. The molecule has 0 spiro atoms. The molecule has 0 heterocycles. The normalized spacial score (nSPS) is 30.8. The summed E-state index contributed by atoms with van der Waals surface area (Å²) in [6.45, 7) is 1.43. The van der Waals surface area contributed by atoms with Gasteiger partial charge in [-0.25, -0.2) is 0 Å². The first-order valence-corrected chi connectivity index (χ1v) is 6.75. The van der Waals surface area contributed by atoms with Gasteiger partial charge in [-0.05, 0) is 37.0 Å². The molecule has 0 aromatic heterocycles. The molecule has 2 fully saturated rings. The van der Waals surface area contributed by atoms with Gasteiger partial charge in [0.25, 0.3) is 0 Å². The molecule has 98 valence electrons. The van der Waals surface area contributed by atoms with E-state index in [0.29, 0.717) is 32.1 Å². The highest BCUT2D eigenvalue weighted by Gasteiger charge is 2.39. The second-order valence-electron chi connectivity index (χ2n) is 5.32. The van der Waals surface area contributed by atoms with E-state index in [1.165, 1.54) is 25.7 Å². The van der Waals surface area contributed by atoms with Crippen LogP contribution in [0.2, 0.25) is 0 Å². The molecule has 3 atom stereocenters. The number of hydrogen-bond acceptors (Lipinski definition) is 3. The minimum Gasteiger partial charge on any atom is -0.394 e. The van der Waals surface area contributed by atoms with Crippen molar-refractivity contribution in [3.05, 3.63) is 0 Å². The van der Waals surface area contributed by atoms with Gasteiger partial charge >= 0.3 is 0 Å². The van der Waals surface area contributed by atoms with E-state index in [0.717, 1.165) is 11.8 Å². The lowest BCUT2D eigenvalue weighted by Crippen LogP contribution is -2.30. The fourth-order valence-corrected chi connectivity index (χ4v) is 3.37. The van der Waals surface area contributed by atoms with E-state index < -0.39 is 0 Å². The molecular weight excluding hydrogens is 218 g/mol. The summed E-state index contributed by atoms with van der Waals surface area (Å²) in [5.74, 6) is 2.52. The predicted molar refractivity (Wildman–Crippen MR) is 64.5 cm³/mol. The smallest absolute Gasteiger partial charge is 0.220 e. The third-order valence-corrected chi connectivity index (χ3v) is 4.14.